The predicted molar refractivity (Wildman–Crippen MR) is 116 cm³/mol. The Morgan fingerprint density at radius 3 is 2.71 bits per heavy atom. The summed E-state index contributed by atoms with van der Waals surface area (Å²) >= 11 is 0. The minimum atomic E-state index is -4.71. The van der Waals surface area contributed by atoms with Crippen LogP contribution in [-0.4, -0.2) is 32.5 Å². The van der Waals surface area contributed by atoms with Gasteiger partial charge in [-0.2, -0.15) is 18.4 Å². The molecule has 0 bridgehead atoms. The number of hydrogen-bond acceptors (Lipinski definition) is 6. The van der Waals surface area contributed by atoms with E-state index < -0.39 is 23.4 Å². The number of pyridine rings is 2. The molecule has 0 atom stereocenters. The van der Waals surface area contributed by atoms with Crippen LogP contribution in [-0.2, 0) is 19.8 Å². The zero-order chi connectivity index (χ0) is 24.5. The fourth-order valence-electron chi connectivity index (χ4n) is 3.36. The highest BCUT2D eigenvalue weighted by Gasteiger charge is 2.35. The normalized spacial score (nSPS) is 11.3. The summed E-state index contributed by atoms with van der Waals surface area (Å²) in [5.74, 6) is -0.817. The van der Waals surface area contributed by atoms with Gasteiger partial charge in [0.1, 0.15) is 29.6 Å². The third-order valence-electron chi connectivity index (χ3n) is 5.04. The van der Waals surface area contributed by atoms with Crippen LogP contribution in [0.5, 0.6) is 5.75 Å². The number of nitriles is 1. The average Bonchev–Trinajstić information content (AvgIpc) is 3.21. The topological polar surface area (TPSA) is 106 Å². The van der Waals surface area contributed by atoms with Crippen LogP contribution in [0.25, 0.3) is 22.3 Å². The van der Waals surface area contributed by atoms with Crippen LogP contribution in [0.3, 0.4) is 0 Å². The maximum absolute atomic E-state index is 13.9. The van der Waals surface area contributed by atoms with E-state index >= 15 is 0 Å². The second kappa shape index (κ2) is 8.82. The lowest BCUT2D eigenvalue weighted by Crippen LogP contribution is -2.19. The molecule has 0 aliphatic carbocycles. The van der Waals surface area contributed by atoms with Crippen molar-refractivity contribution in [2.45, 2.75) is 12.8 Å². The van der Waals surface area contributed by atoms with E-state index in [1.807, 2.05) is 6.07 Å². The van der Waals surface area contributed by atoms with E-state index in [9.17, 15) is 23.2 Å². The average molecular weight is 466 g/mol. The molecular weight excluding hydrogens is 449 g/mol. The van der Waals surface area contributed by atoms with Gasteiger partial charge in [0.05, 0.1) is 28.8 Å². The summed E-state index contributed by atoms with van der Waals surface area (Å²) in [6.07, 6.45) is -3.21. The number of benzene rings is 1. The zero-order valence-electron chi connectivity index (χ0n) is 18.0. The van der Waals surface area contributed by atoms with Gasteiger partial charge in [-0.05, 0) is 36.4 Å². The number of alkyl halides is 3. The molecule has 0 aliphatic heterocycles. The predicted octanol–water partition coefficient (Wildman–Crippen LogP) is 3.86. The number of nitrogens with one attached hydrogen (secondary N) is 1. The molecule has 1 N–H and O–H groups in total. The van der Waals surface area contributed by atoms with Crippen LogP contribution in [0.2, 0.25) is 0 Å². The monoisotopic (exact) mass is 466 g/mol. The lowest BCUT2D eigenvalue weighted by atomic mass is 10.1. The van der Waals surface area contributed by atoms with E-state index in [1.54, 1.807) is 29.8 Å². The van der Waals surface area contributed by atoms with Gasteiger partial charge in [0.25, 0.3) is 5.91 Å². The molecule has 0 aliphatic rings. The van der Waals surface area contributed by atoms with Crippen molar-refractivity contribution >= 4 is 16.9 Å². The molecule has 0 spiro atoms. The quantitative estimate of drug-likeness (QED) is 0.479. The van der Waals surface area contributed by atoms with Crippen LogP contribution >= 0.6 is 0 Å². The fourth-order valence-corrected chi connectivity index (χ4v) is 3.36. The molecule has 8 nitrogen and oxygen atoms in total. The largest absolute Gasteiger partial charge is 0.487 e. The molecule has 11 heteroatoms. The van der Waals surface area contributed by atoms with Crippen LogP contribution in [0, 0.1) is 11.3 Å². The molecule has 4 aromatic rings. The molecular formula is C23H17F3N6O2. The molecule has 0 unspecified atom stereocenters. The molecule has 0 saturated heterocycles. The van der Waals surface area contributed by atoms with Crippen molar-refractivity contribution in [2.24, 2.45) is 7.05 Å². The van der Waals surface area contributed by atoms with E-state index in [1.165, 1.54) is 31.6 Å². The summed E-state index contributed by atoms with van der Waals surface area (Å²) in [7, 11) is 3.16. The van der Waals surface area contributed by atoms with Crippen molar-refractivity contribution in [3.63, 3.8) is 0 Å². The Morgan fingerprint density at radius 1 is 1.21 bits per heavy atom. The summed E-state index contributed by atoms with van der Waals surface area (Å²) < 4.78 is 48.7. The molecule has 4 rings (SSSR count). The van der Waals surface area contributed by atoms with Crippen molar-refractivity contribution in [3.05, 3.63) is 71.4 Å². The first kappa shape index (κ1) is 22.7. The van der Waals surface area contributed by atoms with Crippen molar-refractivity contribution in [3.8, 4) is 23.1 Å². The second-order valence-electron chi connectivity index (χ2n) is 7.28. The van der Waals surface area contributed by atoms with Gasteiger partial charge in [-0.25, -0.2) is 15.0 Å². The van der Waals surface area contributed by atoms with Gasteiger partial charge in [-0.15, -0.1) is 0 Å². The number of amides is 1. The summed E-state index contributed by atoms with van der Waals surface area (Å²) in [5, 5.41) is 11.8. The second-order valence-corrected chi connectivity index (χ2v) is 7.28. The number of nitrogens with zero attached hydrogens (tertiary/aromatic N) is 5. The Morgan fingerprint density at radius 2 is 2.00 bits per heavy atom. The van der Waals surface area contributed by atoms with E-state index in [-0.39, 0.29) is 29.3 Å². The van der Waals surface area contributed by atoms with Gasteiger partial charge in [-0.1, -0.05) is 6.07 Å². The van der Waals surface area contributed by atoms with Crippen molar-refractivity contribution in [1.29, 1.82) is 5.26 Å². The minimum Gasteiger partial charge on any atom is -0.487 e. The molecule has 1 amide bonds. The number of hydrogen-bond donors (Lipinski definition) is 1. The maximum atomic E-state index is 13.9. The number of ether oxygens (including phenoxy) is 1. The number of carbonyl (C=O) groups excluding carboxylic acids is 1. The molecule has 34 heavy (non-hydrogen) atoms. The number of aryl methyl sites for hydroxylation is 1. The highest BCUT2D eigenvalue weighted by atomic mass is 19.4. The van der Waals surface area contributed by atoms with Gasteiger partial charge in [-0.3, -0.25) is 4.79 Å². The maximum Gasteiger partial charge on any atom is 0.419 e. The van der Waals surface area contributed by atoms with Gasteiger partial charge < -0.3 is 14.6 Å². The smallest absolute Gasteiger partial charge is 0.419 e. The van der Waals surface area contributed by atoms with Crippen LogP contribution < -0.4 is 10.1 Å². The molecule has 172 valence electrons. The molecule has 0 fully saturated rings. The van der Waals surface area contributed by atoms with E-state index in [0.717, 1.165) is 6.07 Å². The number of imidazole rings is 1. The van der Waals surface area contributed by atoms with Gasteiger partial charge >= 0.3 is 6.18 Å². The Labute approximate surface area is 191 Å². The van der Waals surface area contributed by atoms with Crippen LogP contribution in [0.4, 0.5) is 13.2 Å². The molecule has 3 heterocycles. The Balaban J connectivity index is 1.69. The van der Waals surface area contributed by atoms with Gasteiger partial charge in [0, 0.05) is 19.7 Å². The van der Waals surface area contributed by atoms with Gasteiger partial charge in [0.15, 0.2) is 5.69 Å². The van der Waals surface area contributed by atoms with E-state index in [2.05, 4.69) is 20.3 Å². The van der Waals surface area contributed by atoms with Crippen molar-refractivity contribution in [2.75, 3.05) is 7.05 Å². The number of aromatic nitrogens is 4. The first-order valence-corrected chi connectivity index (χ1v) is 9.96. The first-order chi connectivity index (χ1) is 16.2. The number of fused-ring (bicyclic) bond motifs is 1. The molecule has 1 aromatic carbocycles. The van der Waals surface area contributed by atoms with Gasteiger partial charge in [0.2, 0.25) is 0 Å². The number of carbonyl (C=O) groups is 1. The standard InChI is InChI=1S/C23H17F3N6O2/c1-28-22(33)16-5-3-4-14(30-16)11-34-20-7-6-13(8-15(20)23(24,25)26)17-9-19-21(18(10-27)31-17)29-12-32(19)2/h3-9,12H,11H2,1-2H3,(H,28,33). The first-order valence-electron chi connectivity index (χ1n) is 9.96. The summed E-state index contributed by atoms with van der Waals surface area (Å²) in [5.41, 5.74) is 0.736. The summed E-state index contributed by atoms with van der Waals surface area (Å²) in [6, 6.07) is 11.7. The zero-order valence-corrected chi connectivity index (χ0v) is 18.0. The fraction of sp³-hybridized carbons (Fsp3) is 0.174. The Bertz CT molecular complexity index is 1440. The molecule has 3 aromatic heterocycles. The number of rotatable bonds is 5. The Kier molecular flexibility index (Phi) is 5.89. The van der Waals surface area contributed by atoms with Crippen molar-refractivity contribution < 1.29 is 22.7 Å². The van der Waals surface area contributed by atoms with E-state index in [0.29, 0.717) is 16.7 Å². The van der Waals surface area contributed by atoms with Crippen LogP contribution in [0.1, 0.15) is 27.4 Å². The van der Waals surface area contributed by atoms with Crippen molar-refractivity contribution in [1.82, 2.24) is 24.8 Å². The highest BCUT2D eigenvalue weighted by Crippen LogP contribution is 2.39. The Hall–Kier alpha value is -4.46. The summed E-state index contributed by atoms with van der Waals surface area (Å²) in [6.45, 7) is -0.273. The van der Waals surface area contributed by atoms with E-state index in [4.69, 9.17) is 4.74 Å². The van der Waals surface area contributed by atoms with Crippen LogP contribution in [0.15, 0.2) is 48.8 Å². The summed E-state index contributed by atoms with van der Waals surface area (Å²) in [4.78, 5) is 24.1. The third-order valence-corrected chi connectivity index (χ3v) is 5.04. The molecule has 0 saturated carbocycles. The molecule has 0 radical (unpaired) electrons. The SMILES string of the molecule is CNC(=O)c1cccc(COc2ccc(-c3cc4c(ncn4C)c(C#N)n3)cc2C(F)(F)F)n1. The minimum absolute atomic E-state index is 0.0176. The lowest BCUT2D eigenvalue weighted by Gasteiger charge is -2.15. The third kappa shape index (κ3) is 4.38. The number of halogens is 3. The lowest BCUT2D eigenvalue weighted by molar-refractivity contribution is -0.139. The highest BCUT2D eigenvalue weighted by molar-refractivity contribution is 5.92.